The highest BCUT2D eigenvalue weighted by atomic mass is 16.5. The van der Waals surface area contributed by atoms with Crippen molar-refractivity contribution in [3.63, 3.8) is 0 Å². The molecule has 3 nitrogen and oxygen atoms in total. The Balaban J connectivity index is 1.82. The molecule has 0 bridgehead atoms. The summed E-state index contributed by atoms with van der Waals surface area (Å²) in [5.74, 6) is 1.09. The van der Waals surface area contributed by atoms with E-state index in [1.807, 2.05) is 0 Å². The van der Waals surface area contributed by atoms with Crippen molar-refractivity contribution in [3.8, 4) is 0 Å². The molecular weight excluding hydrogens is 300 g/mol. The SMILES string of the molecule is CC1(C)CCC[C@@]2(C)C1CCC1(C)OC3=CC(=O)C(O)=CC3=C[C@@H]12. The fourth-order valence-corrected chi connectivity index (χ4v) is 6.24. The van der Waals surface area contributed by atoms with Gasteiger partial charge in [0, 0.05) is 17.6 Å². The van der Waals surface area contributed by atoms with Gasteiger partial charge < -0.3 is 9.84 Å². The summed E-state index contributed by atoms with van der Waals surface area (Å²) in [5, 5.41) is 9.83. The van der Waals surface area contributed by atoms with E-state index in [-0.39, 0.29) is 22.6 Å². The topological polar surface area (TPSA) is 46.5 Å². The molecule has 2 fully saturated rings. The van der Waals surface area contributed by atoms with Crippen molar-refractivity contribution in [2.75, 3.05) is 0 Å². The van der Waals surface area contributed by atoms with Crippen LogP contribution < -0.4 is 0 Å². The summed E-state index contributed by atoms with van der Waals surface area (Å²) in [6.45, 7) is 9.49. The molecule has 1 N–H and O–H groups in total. The van der Waals surface area contributed by atoms with Crippen molar-refractivity contribution in [1.82, 2.24) is 0 Å². The zero-order chi connectivity index (χ0) is 17.3. The van der Waals surface area contributed by atoms with Crippen molar-refractivity contribution >= 4 is 5.78 Å². The second kappa shape index (κ2) is 4.77. The number of ketones is 1. The van der Waals surface area contributed by atoms with E-state index >= 15 is 0 Å². The van der Waals surface area contributed by atoms with Crippen LogP contribution in [-0.4, -0.2) is 16.5 Å². The lowest BCUT2D eigenvalue weighted by atomic mass is 9.45. The number of hydrogen-bond donors (Lipinski definition) is 1. The molecule has 1 aliphatic heterocycles. The van der Waals surface area contributed by atoms with Gasteiger partial charge in [-0.15, -0.1) is 0 Å². The van der Waals surface area contributed by atoms with Gasteiger partial charge in [-0.3, -0.25) is 4.79 Å². The summed E-state index contributed by atoms with van der Waals surface area (Å²) >= 11 is 0. The van der Waals surface area contributed by atoms with Crippen LogP contribution in [0, 0.1) is 22.7 Å². The molecule has 3 aliphatic carbocycles. The van der Waals surface area contributed by atoms with E-state index < -0.39 is 0 Å². The normalized spacial score (nSPS) is 43.3. The Morgan fingerprint density at radius 2 is 1.88 bits per heavy atom. The van der Waals surface area contributed by atoms with Gasteiger partial charge >= 0.3 is 0 Å². The Morgan fingerprint density at radius 3 is 2.62 bits per heavy atom. The van der Waals surface area contributed by atoms with Crippen LogP contribution in [0.25, 0.3) is 0 Å². The molecule has 3 heteroatoms. The van der Waals surface area contributed by atoms with Crippen LogP contribution in [0.3, 0.4) is 0 Å². The maximum atomic E-state index is 11.8. The van der Waals surface area contributed by atoms with Crippen LogP contribution in [0.2, 0.25) is 0 Å². The predicted molar refractivity (Wildman–Crippen MR) is 93.3 cm³/mol. The molecule has 0 amide bonds. The van der Waals surface area contributed by atoms with Crippen molar-refractivity contribution in [3.05, 3.63) is 35.3 Å². The molecule has 0 aromatic carbocycles. The maximum absolute atomic E-state index is 11.8. The molecule has 4 aliphatic rings. The third-order valence-electron chi connectivity index (χ3n) is 7.35. The third-order valence-corrected chi connectivity index (χ3v) is 7.35. The van der Waals surface area contributed by atoms with E-state index in [4.69, 9.17) is 4.74 Å². The average molecular weight is 328 g/mol. The monoisotopic (exact) mass is 328 g/mol. The molecule has 0 spiro atoms. The zero-order valence-corrected chi connectivity index (χ0v) is 15.2. The first-order valence-electron chi connectivity index (χ1n) is 9.24. The Bertz CT molecular complexity index is 696. The molecule has 24 heavy (non-hydrogen) atoms. The van der Waals surface area contributed by atoms with Gasteiger partial charge in [-0.2, -0.15) is 0 Å². The van der Waals surface area contributed by atoms with E-state index in [1.54, 1.807) is 6.08 Å². The third kappa shape index (κ3) is 2.06. The number of carbonyl (C=O) groups is 1. The van der Waals surface area contributed by atoms with Crippen LogP contribution in [-0.2, 0) is 9.53 Å². The largest absolute Gasteiger partial charge is 0.504 e. The molecule has 130 valence electrons. The fourth-order valence-electron chi connectivity index (χ4n) is 6.24. The van der Waals surface area contributed by atoms with E-state index in [1.165, 1.54) is 31.8 Å². The van der Waals surface area contributed by atoms with Gasteiger partial charge in [0.25, 0.3) is 0 Å². The first-order chi connectivity index (χ1) is 11.2. The van der Waals surface area contributed by atoms with Gasteiger partial charge in [0.1, 0.15) is 11.4 Å². The molecule has 0 saturated heterocycles. The molecule has 0 radical (unpaired) electrons. The van der Waals surface area contributed by atoms with Crippen molar-refractivity contribution < 1.29 is 14.6 Å². The van der Waals surface area contributed by atoms with E-state index in [2.05, 4.69) is 33.8 Å². The average Bonchev–Trinajstić information content (AvgIpc) is 2.46. The van der Waals surface area contributed by atoms with Crippen molar-refractivity contribution in [2.45, 2.75) is 65.4 Å². The highest BCUT2D eigenvalue weighted by molar-refractivity contribution is 6.04. The summed E-state index contributed by atoms with van der Waals surface area (Å²) in [4.78, 5) is 11.8. The van der Waals surface area contributed by atoms with Gasteiger partial charge in [0.2, 0.25) is 5.78 Å². The summed E-state index contributed by atoms with van der Waals surface area (Å²) in [6.07, 6.45) is 11.3. The summed E-state index contributed by atoms with van der Waals surface area (Å²) in [7, 11) is 0. The van der Waals surface area contributed by atoms with Crippen molar-refractivity contribution in [1.29, 1.82) is 0 Å². The quantitative estimate of drug-likeness (QED) is 0.691. The van der Waals surface area contributed by atoms with Gasteiger partial charge in [0.05, 0.1) is 0 Å². The van der Waals surface area contributed by atoms with Crippen LogP contribution in [0.1, 0.15) is 59.8 Å². The molecule has 4 atom stereocenters. The first-order valence-corrected chi connectivity index (χ1v) is 9.24. The Morgan fingerprint density at radius 1 is 1.12 bits per heavy atom. The van der Waals surface area contributed by atoms with E-state index in [9.17, 15) is 9.90 Å². The van der Waals surface area contributed by atoms with Gasteiger partial charge in [0.15, 0.2) is 5.76 Å². The number of fused-ring (bicyclic) bond motifs is 4. The van der Waals surface area contributed by atoms with Crippen LogP contribution in [0.4, 0.5) is 0 Å². The Labute approximate surface area is 144 Å². The Kier molecular flexibility index (Phi) is 3.18. The zero-order valence-electron chi connectivity index (χ0n) is 15.2. The van der Waals surface area contributed by atoms with Gasteiger partial charge in [-0.05, 0) is 55.4 Å². The molecule has 4 rings (SSSR count). The van der Waals surface area contributed by atoms with E-state index in [0.29, 0.717) is 23.0 Å². The summed E-state index contributed by atoms with van der Waals surface area (Å²) in [5.41, 5.74) is 1.19. The summed E-state index contributed by atoms with van der Waals surface area (Å²) < 4.78 is 6.40. The number of ether oxygens (including phenoxy) is 1. The molecular formula is C21H28O3. The molecule has 2 unspecified atom stereocenters. The molecule has 2 saturated carbocycles. The van der Waals surface area contributed by atoms with Gasteiger partial charge in [-0.25, -0.2) is 0 Å². The lowest BCUT2D eigenvalue weighted by Crippen LogP contribution is -2.58. The molecule has 1 heterocycles. The van der Waals surface area contributed by atoms with Crippen LogP contribution in [0.15, 0.2) is 35.3 Å². The van der Waals surface area contributed by atoms with E-state index in [0.717, 1.165) is 12.0 Å². The lowest BCUT2D eigenvalue weighted by Gasteiger charge is -2.62. The number of carbonyl (C=O) groups excluding carboxylic acids is 1. The molecule has 0 aromatic heterocycles. The first kappa shape index (κ1) is 16.0. The minimum absolute atomic E-state index is 0.182. The minimum Gasteiger partial charge on any atom is -0.504 e. The highest BCUT2D eigenvalue weighted by Crippen LogP contribution is 2.64. The fraction of sp³-hybridized carbons (Fsp3) is 0.667. The number of hydrogen-bond acceptors (Lipinski definition) is 3. The summed E-state index contributed by atoms with van der Waals surface area (Å²) in [6, 6.07) is 0. The minimum atomic E-state index is -0.358. The molecule has 0 aromatic rings. The van der Waals surface area contributed by atoms with Crippen LogP contribution in [0.5, 0.6) is 0 Å². The van der Waals surface area contributed by atoms with Gasteiger partial charge in [-0.1, -0.05) is 33.3 Å². The number of rotatable bonds is 0. The van der Waals surface area contributed by atoms with Crippen molar-refractivity contribution in [2.24, 2.45) is 22.7 Å². The number of aliphatic hydroxyl groups is 1. The number of aliphatic hydroxyl groups excluding tert-OH is 1. The highest BCUT2D eigenvalue weighted by Gasteiger charge is 2.60. The smallest absolute Gasteiger partial charge is 0.223 e. The predicted octanol–water partition coefficient (Wildman–Crippen LogP) is 4.85. The number of allylic oxidation sites excluding steroid dienone is 2. The maximum Gasteiger partial charge on any atom is 0.223 e. The van der Waals surface area contributed by atoms with Crippen LogP contribution >= 0.6 is 0 Å². The standard InChI is InChI=1S/C21H28O3/c1-19(2)7-5-8-20(3)17(19)6-9-21(4)18(20)11-13-10-14(22)15(23)12-16(13)24-21/h10-12,17-18,22H,5-9H2,1-4H3/t17?,18-,20+,21?/m1/s1. The second-order valence-electron chi connectivity index (χ2n) is 9.36. The Hall–Kier alpha value is -1.51. The lowest BCUT2D eigenvalue weighted by molar-refractivity contribution is -0.162. The second-order valence-corrected chi connectivity index (χ2v) is 9.36.